The van der Waals surface area contributed by atoms with E-state index in [9.17, 15) is 0 Å². The summed E-state index contributed by atoms with van der Waals surface area (Å²) in [7, 11) is 0. The van der Waals surface area contributed by atoms with Crippen LogP contribution in [0.4, 0.5) is 0 Å². The Hall–Kier alpha value is -2.13. The highest BCUT2D eigenvalue weighted by Gasteiger charge is 2.14. The maximum Gasteiger partial charge on any atom is 0.0513 e. The van der Waals surface area contributed by atoms with Gasteiger partial charge in [-0.15, -0.1) is 0 Å². The summed E-state index contributed by atoms with van der Waals surface area (Å²) in [5.74, 6) is 0. The van der Waals surface area contributed by atoms with E-state index in [4.69, 9.17) is 5.73 Å². The van der Waals surface area contributed by atoms with E-state index >= 15 is 0 Å². The molecule has 3 nitrogen and oxygen atoms in total. The van der Waals surface area contributed by atoms with Crippen LogP contribution in [0, 0.1) is 13.8 Å². The Labute approximate surface area is 131 Å². The fraction of sp³-hybridized carbons (Fsp3) is 0.316. The van der Waals surface area contributed by atoms with E-state index in [0.717, 1.165) is 31.4 Å². The lowest BCUT2D eigenvalue weighted by atomic mass is 9.99. The van der Waals surface area contributed by atoms with E-state index in [1.54, 1.807) is 0 Å². The molecule has 2 aromatic heterocycles. The molecule has 3 N–H and O–H groups in total. The molecule has 0 aliphatic heterocycles. The summed E-state index contributed by atoms with van der Waals surface area (Å²) in [4.78, 5) is 7.90. The molecule has 0 amide bonds. The third-order valence-electron chi connectivity index (χ3n) is 4.19. The highest BCUT2D eigenvalue weighted by Crippen LogP contribution is 2.33. The van der Waals surface area contributed by atoms with Crippen LogP contribution in [0.15, 0.2) is 36.7 Å². The zero-order valence-electron chi connectivity index (χ0n) is 13.3. The van der Waals surface area contributed by atoms with E-state index in [-0.39, 0.29) is 0 Å². The first kappa shape index (κ1) is 14.8. The van der Waals surface area contributed by atoms with Crippen molar-refractivity contribution in [3.63, 3.8) is 0 Å². The number of aryl methyl sites for hydroxylation is 3. The van der Waals surface area contributed by atoms with Gasteiger partial charge in [0.25, 0.3) is 0 Å². The van der Waals surface area contributed by atoms with Gasteiger partial charge in [0.2, 0.25) is 0 Å². The van der Waals surface area contributed by atoms with Gasteiger partial charge < -0.3 is 10.7 Å². The smallest absolute Gasteiger partial charge is 0.0513 e. The Morgan fingerprint density at radius 1 is 1.18 bits per heavy atom. The van der Waals surface area contributed by atoms with Crippen molar-refractivity contribution in [3.05, 3.63) is 53.3 Å². The Balaban J connectivity index is 2.17. The summed E-state index contributed by atoms with van der Waals surface area (Å²) in [6.45, 7) is 5.08. The van der Waals surface area contributed by atoms with Gasteiger partial charge in [0.05, 0.1) is 5.69 Å². The fourth-order valence-electron chi connectivity index (χ4n) is 3.17. The molecule has 2 heterocycles. The summed E-state index contributed by atoms with van der Waals surface area (Å²) in [5.41, 5.74) is 13.3. The minimum Gasteiger partial charge on any atom is -0.354 e. The van der Waals surface area contributed by atoms with Crippen molar-refractivity contribution >= 4 is 10.9 Å². The number of unbranched alkanes of at least 4 members (excludes halogenated alkanes) is 1. The first-order valence-corrected chi connectivity index (χ1v) is 7.93. The molecule has 3 aromatic rings. The van der Waals surface area contributed by atoms with Gasteiger partial charge in [-0.25, -0.2) is 0 Å². The largest absolute Gasteiger partial charge is 0.354 e. The van der Waals surface area contributed by atoms with E-state index in [1.807, 2.05) is 18.5 Å². The van der Waals surface area contributed by atoms with Crippen LogP contribution >= 0.6 is 0 Å². The number of nitrogens with one attached hydrogen (secondary N) is 1. The monoisotopic (exact) mass is 293 g/mol. The number of nitrogens with two attached hydrogens (primary N) is 1. The SMILES string of the molecule is Cc1cc(C)c2[nH]c(-c3cccnc3)c(CCCCN)c2c1. The van der Waals surface area contributed by atoms with Crippen LogP contribution in [-0.4, -0.2) is 16.5 Å². The zero-order chi connectivity index (χ0) is 15.5. The predicted octanol–water partition coefficient (Wildman–Crippen LogP) is 4.13. The first-order valence-electron chi connectivity index (χ1n) is 7.93. The predicted molar refractivity (Wildman–Crippen MR) is 93.0 cm³/mol. The maximum atomic E-state index is 5.66. The third-order valence-corrected chi connectivity index (χ3v) is 4.19. The number of nitrogens with zero attached hydrogens (tertiary/aromatic N) is 1. The molecule has 3 rings (SSSR count). The second kappa shape index (κ2) is 6.32. The normalized spacial score (nSPS) is 11.2. The van der Waals surface area contributed by atoms with Crippen LogP contribution in [0.5, 0.6) is 0 Å². The highest BCUT2D eigenvalue weighted by atomic mass is 14.7. The maximum absolute atomic E-state index is 5.66. The van der Waals surface area contributed by atoms with Gasteiger partial charge in [-0.3, -0.25) is 4.98 Å². The molecule has 1 aromatic carbocycles. The molecular formula is C19H23N3. The van der Waals surface area contributed by atoms with Crippen molar-refractivity contribution < 1.29 is 0 Å². The van der Waals surface area contributed by atoms with Gasteiger partial charge in [0, 0.05) is 28.9 Å². The summed E-state index contributed by atoms with van der Waals surface area (Å²) in [6, 6.07) is 8.63. The van der Waals surface area contributed by atoms with Gasteiger partial charge in [0.15, 0.2) is 0 Å². The molecule has 0 unspecified atom stereocenters. The molecule has 114 valence electrons. The number of fused-ring (bicyclic) bond motifs is 1. The topological polar surface area (TPSA) is 54.7 Å². The molecule has 0 spiro atoms. The van der Waals surface area contributed by atoms with Crippen molar-refractivity contribution in [2.24, 2.45) is 5.73 Å². The van der Waals surface area contributed by atoms with Crippen LogP contribution in [0.1, 0.15) is 29.5 Å². The highest BCUT2D eigenvalue weighted by molar-refractivity contribution is 5.93. The molecule has 0 saturated carbocycles. The number of benzene rings is 1. The number of hydrogen-bond donors (Lipinski definition) is 2. The molecule has 0 bridgehead atoms. The summed E-state index contributed by atoms with van der Waals surface area (Å²) < 4.78 is 0. The lowest BCUT2D eigenvalue weighted by Gasteiger charge is -2.05. The molecule has 0 fully saturated rings. The van der Waals surface area contributed by atoms with Gasteiger partial charge in [0.1, 0.15) is 0 Å². The summed E-state index contributed by atoms with van der Waals surface area (Å²) in [5, 5.41) is 1.34. The van der Waals surface area contributed by atoms with Crippen molar-refractivity contribution in [2.75, 3.05) is 6.54 Å². The lowest BCUT2D eigenvalue weighted by molar-refractivity contribution is 0.748. The van der Waals surface area contributed by atoms with Crippen molar-refractivity contribution in [2.45, 2.75) is 33.1 Å². The number of rotatable bonds is 5. The molecule has 0 radical (unpaired) electrons. The van der Waals surface area contributed by atoms with Crippen LogP contribution < -0.4 is 5.73 Å². The van der Waals surface area contributed by atoms with E-state index in [0.29, 0.717) is 0 Å². The van der Waals surface area contributed by atoms with E-state index in [1.165, 1.54) is 33.3 Å². The van der Waals surface area contributed by atoms with Crippen molar-refractivity contribution in [3.8, 4) is 11.3 Å². The molecule has 0 atom stereocenters. The van der Waals surface area contributed by atoms with Gasteiger partial charge in [-0.2, -0.15) is 0 Å². The number of pyridine rings is 1. The molecule has 0 aliphatic carbocycles. The fourth-order valence-corrected chi connectivity index (χ4v) is 3.17. The Kier molecular flexibility index (Phi) is 4.25. The van der Waals surface area contributed by atoms with Crippen LogP contribution in [0.2, 0.25) is 0 Å². The van der Waals surface area contributed by atoms with Gasteiger partial charge in [-0.05, 0) is 69.0 Å². The minimum atomic E-state index is 0.753. The molecule has 0 aliphatic rings. The van der Waals surface area contributed by atoms with E-state index in [2.05, 4.69) is 42.0 Å². The zero-order valence-corrected chi connectivity index (χ0v) is 13.3. The standard InChI is InChI=1S/C19H23N3/c1-13-10-14(2)18-17(11-13)16(7-3-4-8-20)19(22-18)15-6-5-9-21-12-15/h5-6,9-12,22H,3-4,7-8,20H2,1-2H3. The number of H-pyrrole nitrogens is 1. The lowest BCUT2D eigenvalue weighted by Crippen LogP contribution is -1.99. The Morgan fingerprint density at radius 3 is 2.77 bits per heavy atom. The van der Waals surface area contributed by atoms with Gasteiger partial charge in [-0.1, -0.05) is 11.6 Å². The quantitative estimate of drug-likeness (QED) is 0.695. The first-order chi connectivity index (χ1) is 10.7. The summed E-state index contributed by atoms with van der Waals surface area (Å²) in [6.07, 6.45) is 6.97. The van der Waals surface area contributed by atoms with E-state index < -0.39 is 0 Å². The summed E-state index contributed by atoms with van der Waals surface area (Å²) >= 11 is 0. The van der Waals surface area contributed by atoms with Crippen LogP contribution in [-0.2, 0) is 6.42 Å². The minimum absolute atomic E-state index is 0.753. The van der Waals surface area contributed by atoms with Crippen molar-refractivity contribution in [1.29, 1.82) is 0 Å². The molecule has 22 heavy (non-hydrogen) atoms. The molecular weight excluding hydrogens is 270 g/mol. The number of aromatic nitrogens is 2. The van der Waals surface area contributed by atoms with Crippen molar-refractivity contribution in [1.82, 2.24) is 9.97 Å². The average molecular weight is 293 g/mol. The Bertz CT molecular complexity index is 772. The number of hydrogen-bond acceptors (Lipinski definition) is 2. The molecule has 3 heteroatoms. The van der Waals surface area contributed by atoms with Crippen LogP contribution in [0.25, 0.3) is 22.2 Å². The Morgan fingerprint density at radius 2 is 2.05 bits per heavy atom. The van der Waals surface area contributed by atoms with Crippen LogP contribution in [0.3, 0.4) is 0 Å². The second-order valence-corrected chi connectivity index (χ2v) is 5.97. The van der Waals surface area contributed by atoms with Gasteiger partial charge >= 0.3 is 0 Å². The second-order valence-electron chi connectivity index (χ2n) is 5.97. The number of aromatic amines is 1. The molecule has 0 saturated heterocycles. The third kappa shape index (κ3) is 2.77. The average Bonchev–Trinajstić information content (AvgIpc) is 2.88.